The van der Waals surface area contributed by atoms with Gasteiger partial charge in [-0.1, -0.05) is 27.7 Å². The predicted octanol–water partition coefficient (Wildman–Crippen LogP) is 4.35. The normalized spacial score (nSPS) is 17.5. The van der Waals surface area contributed by atoms with Crippen molar-refractivity contribution < 1.29 is 19.4 Å². The summed E-state index contributed by atoms with van der Waals surface area (Å²) in [5.41, 5.74) is 2.21. The maximum absolute atomic E-state index is 12.8. The average Bonchev–Trinajstić information content (AvgIpc) is 3.36. The molecule has 1 aromatic carbocycles. The van der Waals surface area contributed by atoms with Gasteiger partial charge in [0.1, 0.15) is 11.9 Å². The molecule has 0 saturated carbocycles. The number of carboxylic acid groups (broad SMARTS) is 1. The maximum Gasteiger partial charge on any atom is 0.326 e. The Morgan fingerprint density at radius 3 is 2.61 bits per heavy atom. The summed E-state index contributed by atoms with van der Waals surface area (Å²) in [6.07, 6.45) is 5.48. The number of nitrogens with one attached hydrogen (secondary N) is 1. The number of ether oxygens (including phenoxy) is 1. The molecule has 1 unspecified atom stereocenters. The van der Waals surface area contributed by atoms with Crippen LogP contribution in [0.2, 0.25) is 0 Å². The fourth-order valence-electron chi connectivity index (χ4n) is 4.44. The zero-order valence-electron chi connectivity index (χ0n) is 19.1. The van der Waals surface area contributed by atoms with E-state index in [0.717, 1.165) is 55.6 Å². The number of imidazole rings is 1. The molecule has 1 saturated heterocycles. The number of aliphatic carboxylic acids is 1. The molecule has 1 amide bonds. The summed E-state index contributed by atoms with van der Waals surface area (Å²) in [4.78, 5) is 29.2. The minimum absolute atomic E-state index is 0.167. The second-order valence-corrected chi connectivity index (χ2v) is 8.90. The first-order valence-corrected chi connectivity index (χ1v) is 11.5. The van der Waals surface area contributed by atoms with Gasteiger partial charge in [0.25, 0.3) is 5.91 Å². The molecule has 7 nitrogen and oxygen atoms in total. The largest absolute Gasteiger partial charge is 0.480 e. The zero-order chi connectivity index (χ0) is 22.5. The first kappa shape index (κ1) is 23.3. The highest BCUT2D eigenvalue weighted by molar-refractivity contribution is 5.99. The summed E-state index contributed by atoms with van der Waals surface area (Å²) < 4.78 is 8.14. The number of carbonyl (C=O) groups is 2. The zero-order valence-corrected chi connectivity index (χ0v) is 19.1. The van der Waals surface area contributed by atoms with Gasteiger partial charge in [0.15, 0.2) is 0 Å². The van der Waals surface area contributed by atoms with Crippen LogP contribution in [0.15, 0.2) is 18.2 Å². The third-order valence-corrected chi connectivity index (χ3v) is 6.08. The monoisotopic (exact) mass is 429 g/mol. The summed E-state index contributed by atoms with van der Waals surface area (Å²) in [6.45, 7) is 9.04. The van der Waals surface area contributed by atoms with Crippen LogP contribution in [0, 0.1) is 5.92 Å². The van der Waals surface area contributed by atoms with Gasteiger partial charge >= 0.3 is 5.97 Å². The van der Waals surface area contributed by atoms with Crippen molar-refractivity contribution in [3.63, 3.8) is 0 Å². The number of amides is 1. The van der Waals surface area contributed by atoms with Crippen LogP contribution >= 0.6 is 0 Å². The summed E-state index contributed by atoms with van der Waals surface area (Å²) >= 11 is 0. The van der Waals surface area contributed by atoms with E-state index in [1.54, 1.807) is 12.1 Å². The van der Waals surface area contributed by atoms with Gasteiger partial charge in [-0.05, 0) is 56.2 Å². The van der Waals surface area contributed by atoms with Crippen LogP contribution in [0.1, 0.15) is 82.0 Å². The van der Waals surface area contributed by atoms with E-state index >= 15 is 0 Å². The molecule has 2 aromatic rings. The third-order valence-electron chi connectivity index (χ3n) is 6.08. The Labute approximate surface area is 184 Å². The van der Waals surface area contributed by atoms with E-state index in [0.29, 0.717) is 18.0 Å². The predicted molar refractivity (Wildman–Crippen MR) is 120 cm³/mol. The van der Waals surface area contributed by atoms with Gasteiger partial charge in [0.2, 0.25) is 0 Å². The molecule has 0 aliphatic carbocycles. The van der Waals surface area contributed by atoms with Crippen molar-refractivity contribution in [2.24, 2.45) is 5.92 Å². The van der Waals surface area contributed by atoms with Crippen LogP contribution in [-0.4, -0.2) is 45.3 Å². The molecule has 1 aromatic heterocycles. The molecule has 2 N–H and O–H groups in total. The van der Waals surface area contributed by atoms with Gasteiger partial charge in [-0.2, -0.15) is 0 Å². The van der Waals surface area contributed by atoms with Crippen molar-refractivity contribution in [1.82, 2.24) is 14.9 Å². The second-order valence-electron chi connectivity index (χ2n) is 8.90. The molecule has 0 bridgehead atoms. The number of aromatic nitrogens is 2. The Morgan fingerprint density at radius 1 is 1.29 bits per heavy atom. The molecule has 1 aliphatic heterocycles. The lowest BCUT2D eigenvalue weighted by Gasteiger charge is -2.20. The summed E-state index contributed by atoms with van der Waals surface area (Å²) in [5.74, 6) is -0.232. The summed E-state index contributed by atoms with van der Waals surface area (Å²) in [5, 5.41) is 12.1. The first-order chi connectivity index (χ1) is 14.8. The van der Waals surface area contributed by atoms with E-state index in [9.17, 15) is 14.7 Å². The molecule has 2 atom stereocenters. The van der Waals surface area contributed by atoms with Crippen molar-refractivity contribution in [2.45, 2.75) is 84.4 Å². The highest BCUT2D eigenvalue weighted by Gasteiger charge is 2.25. The fraction of sp³-hybridized carbons (Fsp3) is 0.625. The Morgan fingerprint density at radius 2 is 2.03 bits per heavy atom. The number of carbonyl (C=O) groups excluding carboxylic acids is 1. The minimum Gasteiger partial charge on any atom is -0.480 e. The number of hydrogen-bond donors (Lipinski definition) is 2. The number of hydrogen-bond acceptors (Lipinski definition) is 4. The second kappa shape index (κ2) is 10.3. The Balaban J connectivity index is 1.91. The number of carboxylic acids is 1. The molecule has 31 heavy (non-hydrogen) atoms. The molecule has 170 valence electrons. The van der Waals surface area contributed by atoms with Crippen molar-refractivity contribution in [3.05, 3.63) is 29.6 Å². The van der Waals surface area contributed by atoms with Crippen LogP contribution in [0.4, 0.5) is 0 Å². The quantitative estimate of drug-likeness (QED) is 0.586. The highest BCUT2D eigenvalue weighted by Crippen LogP contribution is 2.28. The van der Waals surface area contributed by atoms with Crippen LogP contribution < -0.4 is 5.32 Å². The van der Waals surface area contributed by atoms with Gasteiger partial charge in [-0.15, -0.1) is 0 Å². The maximum atomic E-state index is 12.8. The Hall–Kier alpha value is -2.41. The van der Waals surface area contributed by atoms with Gasteiger partial charge in [0.05, 0.1) is 17.1 Å². The summed E-state index contributed by atoms with van der Waals surface area (Å²) in [7, 11) is 0. The minimum atomic E-state index is -1.01. The Kier molecular flexibility index (Phi) is 7.70. The lowest BCUT2D eigenvalue weighted by Crippen LogP contribution is -2.41. The molecule has 3 rings (SSSR count). The van der Waals surface area contributed by atoms with E-state index in [4.69, 9.17) is 9.72 Å². The van der Waals surface area contributed by atoms with Gasteiger partial charge in [-0.25, -0.2) is 9.78 Å². The number of fused-ring (bicyclic) bond motifs is 1. The van der Waals surface area contributed by atoms with Crippen molar-refractivity contribution >= 4 is 22.9 Å². The number of rotatable bonds is 10. The van der Waals surface area contributed by atoms with E-state index in [-0.39, 0.29) is 17.9 Å². The molecule has 2 heterocycles. The molecule has 0 spiro atoms. The highest BCUT2D eigenvalue weighted by atomic mass is 16.5. The molecule has 1 aliphatic rings. The van der Waals surface area contributed by atoms with Crippen LogP contribution in [0.5, 0.6) is 0 Å². The molecule has 7 heteroatoms. The van der Waals surface area contributed by atoms with Crippen LogP contribution in [-0.2, 0) is 16.0 Å². The smallest absolute Gasteiger partial charge is 0.326 e. The van der Waals surface area contributed by atoms with Gasteiger partial charge in [-0.3, -0.25) is 4.79 Å². The molecule has 1 fully saturated rings. The van der Waals surface area contributed by atoms with E-state index < -0.39 is 12.0 Å². The lowest BCUT2D eigenvalue weighted by atomic mass is 10.0. The van der Waals surface area contributed by atoms with Crippen molar-refractivity contribution in [2.75, 3.05) is 6.61 Å². The average molecular weight is 430 g/mol. The molecule has 0 radical (unpaired) electrons. The number of benzene rings is 1. The fourth-order valence-corrected chi connectivity index (χ4v) is 4.44. The molecular formula is C24H35N3O4. The van der Waals surface area contributed by atoms with Gasteiger partial charge < -0.3 is 19.7 Å². The van der Waals surface area contributed by atoms with Gasteiger partial charge in [0, 0.05) is 24.6 Å². The first-order valence-electron chi connectivity index (χ1n) is 11.5. The third kappa shape index (κ3) is 5.45. The van der Waals surface area contributed by atoms with E-state index in [2.05, 4.69) is 23.7 Å². The lowest BCUT2D eigenvalue weighted by molar-refractivity contribution is -0.139. The molecular weight excluding hydrogens is 394 g/mol. The number of nitrogens with zero attached hydrogens (tertiary/aromatic N) is 2. The van der Waals surface area contributed by atoms with Crippen LogP contribution in [0.3, 0.4) is 0 Å². The van der Waals surface area contributed by atoms with Crippen molar-refractivity contribution in [1.29, 1.82) is 0 Å². The Bertz CT molecular complexity index is 911. The summed E-state index contributed by atoms with van der Waals surface area (Å²) in [6, 6.07) is 4.91. The SMILES string of the molecule is CCC(CC)n1c(C[C@@H]2CCCO2)nc2cc(C(=O)NC(CC(C)C)C(=O)O)ccc21. The van der Waals surface area contributed by atoms with E-state index in [1.165, 1.54) is 0 Å². The van der Waals surface area contributed by atoms with Crippen molar-refractivity contribution in [3.8, 4) is 0 Å². The van der Waals surface area contributed by atoms with E-state index in [1.807, 2.05) is 19.9 Å². The standard InChI is InChI=1S/C24H35N3O4/c1-5-17(6-2)27-21-10-9-16(23(28)26-20(24(29)30)12-15(3)4)13-19(21)25-22(27)14-18-8-7-11-31-18/h9-10,13,15,17-18,20H,5-8,11-12,14H2,1-4H3,(H,26,28)(H,29,30)/t18-,20?/m0/s1. The van der Waals surface area contributed by atoms with Crippen LogP contribution in [0.25, 0.3) is 11.0 Å². The topological polar surface area (TPSA) is 93.5 Å².